The van der Waals surface area contributed by atoms with Gasteiger partial charge in [0.2, 0.25) is 0 Å². The zero-order chi connectivity index (χ0) is 11.6. The molecular weight excluding hydrogens is 194 g/mol. The second-order valence-corrected chi connectivity index (χ2v) is 4.00. The van der Waals surface area contributed by atoms with E-state index >= 15 is 0 Å². The van der Waals surface area contributed by atoms with Gasteiger partial charge in [-0.05, 0) is 12.8 Å². The van der Waals surface area contributed by atoms with Crippen molar-refractivity contribution in [3.05, 3.63) is 17.2 Å². The number of carboxylic acids is 1. The maximum absolute atomic E-state index is 10.6. The highest BCUT2D eigenvalue weighted by molar-refractivity contribution is 5.73. The van der Waals surface area contributed by atoms with Gasteiger partial charge in [-0.3, -0.25) is 4.79 Å². The van der Waals surface area contributed by atoms with Gasteiger partial charge in [0.1, 0.15) is 11.9 Å². The average Bonchev–Trinajstić information content (AvgIpc) is 2.46. The Hall–Kier alpha value is -1.36. The molecule has 1 aromatic heterocycles. The van der Waals surface area contributed by atoms with Crippen molar-refractivity contribution >= 4 is 5.97 Å². The predicted molar refractivity (Wildman–Crippen MR) is 56.7 cm³/mol. The molecule has 1 rings (SSSR count). The van der Waals surface area contributed by atoms with Gasteiger partial charge in [-0.25, -0.2) is 4.98 Å². The van der Waals surface area contributed by atoms with Crippen molar-refractivity contribution in [1.82, 2.24) is 9.97 Å². The van der Waals surface area contributed by atoms with E-state index in [9.17, 15) is 4.79 Å². The summed E-state index contributed by atoms with van der Waals surface area (Å²) in [7, 11) is 0. The third kappa shape index (κ3) is 2.79. The molecule has 0 amide bonds. The lowest BCUT2D eigenvalue weighted by molar-refractivity contribution is -0.138. The molecular formula is C10H17N3O2. The van der Waals surface area contributed by atoms with Crippen LogP contribution in [-0.4, -0.2) is 27.1 Å². The van der Waals surface area contributed by atoms with Crippen molar-refractivity contribution in [3.63, 3.8) is 0 Å². The second-order valence-electron chi connectivity index (χ2n) is 4.00. The Morgan fingerprint density at radius 2 is 2.20 bits per heavy atom. The summed E-state index contributed by atoms with van der Waals surface area (Å²) in [5, 5.41) is 8.66. The molecule has 0 radical (unpaired) electrons. The largest absolute Gasteiger partial charge is 0.480 e. The van der Waals surface area contributed by atoms with Crippen LogP contribution in [0.5, 0.6) is 0 Å². The van der Waals surface area contributed by atoms with E-state index in [4.69, 9.17) is 10.8 Å². The Morgan fingerprint density at radius 3 is 2.60 bits per heavy atom. The Kier molecular flexibility index (Phi) is 3.47. The number of nitrogens with zero attached hydrogens (tertiary/aromatic N) is 1. The van der Waals surface area contributed by atoms with Gasteiger partial charge in [0.15, 0.2) is 0 Å². The van der Waals surface area contributed by atoms with E-state index in [2.05, 4.69) is 9.97 Å². The number of aryl methyl sites for hydroxylation is 1. The van der Waals surface area contributed by atoms with Crippen LogP contribution in [0.4, 0.5) is 0 Å². The van der Waals surface area contributed by atoms with E-state index in [0.717, 1.165) is 11.4 Å². The van der Waals surface area contributed by atoms with Gasteiger partial charge in [0.25, 0.3) is 0 Å². The fourth-order valence-corrected chi connectivity index (χ4v) is 1.49. The SMILES string of the molecule is Cc1[nH]c(CC(N)C(=O)O)nc1C(C)C. The summed E-state index contributed by atoms with van der Waals surface area (Å²) in [5.41, 5.74) is 7.38. The van der Waals surface area contributed by atoms with Crippen molar-refractivity contribution in [3.8, 4) is 0 Å². The highest BCUT2D eigenvalue weighted by Crippen LogP contribution is 2.16. The van der Waals surface area contributed by atoms with Crippen LogP contribution in [0.15, 0.2) is 0 Å². The second kappa shape index (κ2) is 4.44. The number of aromatic nitrogens is 2. The standard InChI is InChI=1S/C10H17N3O2/c1-5(2)9-6(3)12-8(13-9)4-7(11)10(14)15/h5,7H,4,11H2,1-3H3,(H,12,13)(H,14,15). The summed E-state index contributed by atoms with van der Waals surface area (Å²) >= 11 is 0. The van der Waals surface area contributed by atoms with Crippen LogP contribution in [0.2, 0.25) is 0 Å². The summed E-state index contributed by atoms with van der Waals surface area (Å²) in [6.45, 7) is 6.02. The quantitative estimate of drug-likeness (QED) is 0.686. The molecule has 0 spiro atoms. The number of nitrogens with two attached hydrogens (primary N) is 1. The fourth-order valence-electron chi connectivity index (χ4n) is 1.49. The Bertz CT molecular complexity index is 358. The lowest BCUT2D eigenvalue weighted by Gasteiger charge is -2.02. The average molecular weight is 211 g/mol. The molecule has 0 saturated carbocycles. The number of hydrogen-bond donors (Lipinski definition) is 3. The van der Waals surface area contributed by atoms with Gasteiger partial charge in [0, 0.05) is 12.1 Å². The van der Waals surface area contributed by atoms with E-state index in [0.29, 0.717) is 11.7 Å². The van der Waals surface area contributed by atoms with Crippen molar-refractivity contribution in [2.75, 3.05) is 0 Å². The molecule has 1 atom stereocenters. The molecule has 0 aliphatic carbocycles. The molecule has 0 bridgehead atoms. The number of imidazole rings is 1. The van der Waals surface area contributed by atoms with E-state index in [1.54, 1.807) is 0 Å². The highest BCUT2D eigenvalue weighted by Gasteiger charge is 2.16. The Balaban J connectivity index is 2.79. The lowest BCUT2D eigenvalue weighted by atomic mass is 10.1. The van der Waals surface area contributed by atoms with Gasteiger partial charge in [-0.1, -0.05) is 13.8 Å². The molecule has 0 aliphatic heterocycles. The Labute approximate surface area is 88.7 Å². The summed E-state index contributed by atoms with van der Waals surface area (Å²) < 4.78 is 0. The first-order valence-corrected chi connectivity index (χ1v) is 4.95. The molecule has 5 heteroatoms. The van der Waals surface area contributed by atoms with Crippen LogP contribution < -0.4 is 5.73 Å². The normalized spacial score (nSPS) is 13.1. The van der Waals surface area contributed by atoms with Gasteiger partial charge in [0.05, 0.1) is 5.69 Å². The number of carboxylic acid groups (broad SMARTS) is 1. The number of hydrogen-bond acceptors (Lipinski definition) is 3. The van der Waals surface area contributed by atoms with Crippen LogP contribution in [0.3, 0.4) is 0 Å². The zero-order valence-electron chi connectivity index (χ0n) is 9.24. The molecule has 5 nitrogen and oxygen atoms in total. The lowest BCUT2D eigenvalue weighted by Crippen LogP contribution is -2.32. The minimum atomic E-state index is -1.00. The van der Waals surface area contributed by atoms with Crippen LogP contribution in [-0.2, 0) is 11.2 Å². The predicted octanol–water partition coefficient (Wildman–Crippen LogP) is 0.796. The molecule has 15 heavy (non-hydrogen) atoms. The molecule has 4 N–H and O–H groups in total. The fraction of sp³-hybridized carbons (Fsp3) is 0.600. The van der Waals surface area contributed by atoms with E-state index < -0.39 is 12.0 Å². The maximum atomic E-state index is 10.6. The topological polar surface area (TPSA) is 92.0 Å². The van der Waals surface area contributed by atoms with Crippen LogP contribution >= 0.6 is 0 Å². The monoisotopic (exact) mass is 211 g/mol. The molecule has 0 saturated heterocycles. The molecule has 0 aliphatic rings. The number of aromatic amines is 1. The first kappa shape index (κ1) is 11.7. The van der Waals surface area contributed by atoms with Gasteiger partial charge in [-0.15, -0.1) is 0 Å². The first-order valence-electron chi connectivity index (χ1n) is 4.95. The first-order chi connectivity index (χ1) is 6.91. The van der Waals surface area contributed by atoms with E-state index in [-0.39, 0.29) is 6.42 Å². The number of rotatable bonds is 4. The van der Waals surface area contributed by atoms with Crippen molar-refractivity contribution < 1.29 is 9.90 Å². The third-order valence-corrected chi connectivity index (χ3v) is 2.25. The van der Waals surface area contributed by atoms with Crippen molar-refractivity contribution in [2.45, 2.75) is 39.2 Å². The third-order valence-electron chi connectivity index (χ3n) is 2.25. The number of aliphatic carboxylic acids is 1. The van der Waals surface area contributed by atoms with Gasteiger partial charge >= 0.3 is 5.97 Å². The van der Waals surface area contributed by atoms with Crippen molar-refractivity contribution in [2.24, 2.45) is 5.73 Å². The molecule has 1 unspecified atom stereocenters. The Morgan fingerprint density at radius 1 is 1.60 bits per heavy atom. The molecule has 0 aromatic carbocycles. The van der Waals surface area contributed by atoms with E-state index in [1.165, 1.54) is 0 Å². The van der Waals surface area contributed by atoms with Crippen molar-refractivity contribution in [1.29, 1.82) is 0 Å². The molecule has 1 heterocycles. The van der Waals surface area contributed by atoms with Gasteiger partial charge < -0.3 is 15.8 Å². The minimum absolute atomic E-state index is 0.239. The summed E-state index contributed by atoms with van der Waals surface area (Å²) in [6.07, 6.45) is 0.239. The number of nitrogens with one attached hydrogen (secondary N) is 1. The highest BCUT2D eigenvalue weighted by atomic mass is 16.4. The zero-order valence-corrected chi connectivity index (χ0v) is 9.24. The molecule has 0 fully saturated rings. The number of H-pyrrole nitrogens is 1. The van der Waals surface area contributed by atoms with Crippen LogP contribution in [0.1, 0.15) is 37.0 Å². The maximum Gasteiger partial charge on any atom is 0.320 e. The molecule has 84 valence electrons. The van der Waals surface area contributed by atoms with Crippen LogP contribution in [0.25, 0.3) is 0 Å². The van der Waals surface area contributed by atoms with Gasteiger partial charge in [-0.2, -0.15) is 0 Å². The summed E-state index contributed by atoms with van der Waals surface area (Å²) in [5.74, 6) is -0.0303. The minimum Gasteiger partial charge on any atom is -0.480 e. The molecule has 1 aromatic rings. The number of carbonyl (C=O) groups is 1. The summed E-state index contributed by atoms with van der Waals surface area (Å²) in [4.78, 5) is 18.0. The summed E-state index contributed by atoms with van der Waals surface area (Å²) in [6, 6.07) is -0.893. The van der Waals surface area contributed by atoms with E-state index in [1.807, 2.05) is 20.8 Å². The smallest absolute Gasteiger partial charge is 0.320 e. The van der Waals surface area contributed by atoms with Crippen LogP contribution in [0, 0.1) is 6.92 Å².